The van der Waals surface area contributed by atoms with Crippen LogP contribution in [0.5, 0.6) is 11.5 Å². The number of imidazole rings is 1. The molecule has 182 valence electrons. The number of rotatable bonds is 10. The van der Waals surface area contributed by atoms with Gasteiger partial charge < -0.3 is 14.5 Å². The lowest BCUT2D eigenvalue weighted by Crippen LogP contribution is -2.20. The predicted octanol–water partition coefficient (Wildman–Crippen LogP) is 4.03. The molecular weight excluding hydrogens is 444 g/mol. The molecule has 0 aliphatic carbocycles. The van der Waals surface area contributed by atoms with Crippen molar-refractivity contribution >= 4 is 11.3 Å². The molecule has 0 aliphatic heterocycles. The average Bonchev–Trinajstić information content (AvgIpc) is 3.18. The van der Waals surface area contributed by atoms with Crippen molar-refractivity contribution in [2.75, 3.05) is 14.2 Å². The van der Waals surface area contributed by atoms with Crippen molar-refractivity contribution < 1.29 is 14.3 Å². The number of hydrogen-bond donors (Lipinski definition) is 1. The minimum absolute atomic E-state index is 0.00786. The number of hydrogen-bond acceptors (Lipinski definition) is 6. The van der Waals surface area contributed by atoms with Crippen molar-refractivity contribution in [1.82, 2.24) is 19.6 Å². The summed E-state index contributed by atoms with van der Waals surface area (Å²) in [6, 6.07) is 15.7. The zero-order valence-electron chi connectivity index (χ0n) is 20.5. The number of ketones is 1. The van der Waals surface area contributed by atoms with E-state index in [2.05, 4.69) is 22.1 Å². The van der Waals surface area contributed by atoms with Crippen LogP contribution in [0.1, 0.15) is 54.2 Å². The second-order valence-corrected chi connectivity index (χ2v) is 8.62. The standard InChI is InChI=1S/C27H30N4O4/c1-17-25-27(33)29-24(16-20-13-14-22(34-3)23(15-20)35-4)30-31(25)26(28-17)21(18(2)32)12-8-11-19-9-6-5-7-10-19/h5-7,9-10,13-15,21H,8,11-12,16H2,1-4H3,(H,29,30,33). The number of ether oxygens (including phenoxy) is 2. The smallest absolute Gasteiger partial charge is 0.277 e. The molecule has 0 amide bonds. The number of aromatic amines is 1. The van der Waals surface area contributed by atoms with Gasteiger partial charge in [0.1, 0.15) is 17.4 Å². The second kappa shape index (κ2) is 10.5. The van der Waals surface area contributed by atoms with E-state index in [-0.39, 0.29) is 11.3 Å². The van der Waals surface area contributed by atoms with Crippen molar-refractivity contribution in [3.8, 4) is 11.5 Å². The lowest BCUT2D eigenvalue weighted by atomic mass is 9.95. The number of carbonyl (C=O) groups excluding carboxylic acids is 1. The monoisotopic (exact) mass is 474 g/mol. The molecule has 0 aliphatic rings. The fourth-order valence-electron chi connectivity index (χ4n) is 4.40. The Labute approximate surface area is 203 Å². The maximum absolute atomic E-state index is 13.0. The quantitative estimate of drug-likeness (QED) is 0.373. The summed E-state index contributed by atoms with van der Waals surface area (Å²) in [4.78, 5) is 33.1. The van der Waals surface area contributed by atoms with Crippen LogP contribution in [0.4, 0.5) is 0 Å². The summed E-state index contributed by atoms with van der Waals surface area (Å²) in [7, 11) is 3.16. The second-order valence-electron chi connectivity index (χ2n) is 8.62. The maximum Gasteiger partial charge on any atom is 0.277 e. The van der Waals surface area contributed by atoms with Crippen LogP contribution in [-0.2, 0) is 17.6 Å². The molecule has 0 saturated heterocycles. The Kier molecular flexibility index (Phi) is 7.29. The molecule has 0 saturated carbocycles. The third-order valence-electron chi connectivity index (χ3n) is 6.17. The number of aryl methyl sites for hydroxylation is 2. The van der Waals surface area contributed by atoms with Crippen LogP contribution in [0.25, 0.3) is 5.52 Å². The lowest BCUT2D eigenvalue weighted by Gasteiger charge is -2.13. The first-order chi connectivity index (χ1) is 16.9. The van der Waals surface area contributed by atoms with Crippen LogP contribution >= 0.6 is 0 Å². The summed E-state index contributed by atoms with van der Waals surface area (Å²) >= 11 is 0. The number of benzene rings is 2. The Morgan fingerprint density at radius 3 is 2.49 bits per heavy atom. The van der Waals surface area contributed by atoms with Gasteiger partial charge >= 0.3 is 0 Å². The third-order valence-corrected chi connectivity index (χ3v) is 6.17. The molecular formula is C27H30N4O4. The largest absolute Gasteiger partial charge is 0.493 e. The summed E-state index contributed by atoms with van der Waals surface area (Å²) in [5.74, 6) is 1.78. The number of Topliss-reactive ketones (excluding diaryl/α,β-unsaturated/α-hetero) is 1. The van der Waals surface area contributed by atoms with Crippen molar-refractivity contribution in [3.05, 3.63) is 87.4 Å². The normalized spacial score (nSPS) is 12.0. The van der Waals surface area contributed by atoms with Gasteiger partial charge in [-0.2, -0.15) is 5.10 Å². The molecule has 1 atom stereocenters. The molecule has 8 heteroatoms. The third kappa shape index (κ3) is 5.26. The van der Waals surface area contributed by atoms with E-state index < -0.39 is 5.92 Å². The lowest BCUT2D eigenvalue weighted by molar-refractivity contribution is -0.118. The van der Waals surface area contributed by atoms with E-state index in [0.717, 1.165) is 18.4 Å². The Morgan fingerprint density at radius 1 is 1.06 bits per heavy atom. The molecule has 4 rings (SSSR count). The highest BCUT2D eigenvalue weighted by Gasteiger charge is 2.25. The Hall–Kier alpha value is -3.94. The minimum Gasteiger partial charge on any atom is -0.493 e. The van der Waals surface area contributed by atoms with Gasteiger partial charge in [-0.3, -0.25) is 9.59 Å². The van der Waals surface area contributed by atoms with Crippen molar-refractivity contribution in [2.24, 2.45) is 0 Å². The molecule has 8 nitrogen and oxygen atoms in total. The van der Waals surface area contributed by atoms with E-state index in [1.54, 1.807) is 32.6 Å². The highest BCUT2D eigenvalue weighted by atomic mass is 16.5. The summed E-state index contributed by atoms with van der Waals surface area (Å²) in [6.07, 6.45) is 2.69. The van der Waals surface area contributed by atoms with Crippen LogP contribution in [0.2, 0.25) is 0 Å². The van der Waals surface area contributed by atoms with Crippen LogP contribution in [0, 0.1) is 6.92 Å². The molecule has 2 heterocycles. The first-order valence-corrected chi connectivity index (χ1v) is 11.6. The fourth-order valence-corrected chi connectivity index (χ4v) is 4.40. The van der Waals surface area contributed by atoms with E-state index in [1.807, 2.05) is 36.4 Å². The topological polar surface area (TPSA) is 98.6 Å². The van der Waals surface area contributed by atoms with E-state index >= 15 is 0 Å². The van der Waals surface area contributed by atoms with Gasteiger partial charge in [0.05, 0.1) is 25.8 Å². The van der Waals surface area contributed by atoms with Crippen LogP contribution in [0.15, 0.2) is 53.3 Å². The minimum atomic E-state index is -0.442. The van der Waals surface area contributed by atoms with E-state index in [1.165, 1.54) is 5.56 Å². The molecule has 0 radical (unpaired) electrons. The first kappa shape index (κ1) is 24.2. The average molecular weight is 475 g/mol. The summed E-state index contributed by atoms with van der Waals surface area (Å²) in [5, 5.41) is 4.69. The molecule has 1 unspecified atom stereocenters. The van der Waals surface area contributed by atoms with Crippen molar-refractivity contribution in [2.45, 2.75) is 45.4 Å². The van der Waals surface area contributed by atoms with Crippen LogP contribution in [0.3, 0.4) is 0 Å². The number of nitrogens with one attached hydrogen (secondary N) is 1. The van der Waals surface area contributed by atoms with Gasteiger partial charge in [-0.05, 0) is 56.4 Å². The number of nitrogens with zero attached hydrogens (tertiary/aromatic N) is 3. The van der Waals surface area contributed by atoms with Crippen LogP contribution in [-0.4, -0.2) is 39.6 Å². The van der Waals surface area contributed by atoms with Gasteiger partial charge in [-0.25, -0.2) is 9.50 Å². The zero-order valence-corrected chi connectivity index (χ0v) is 20.5. The van der Waals surface area contributed by atoms with Gasteiger partial charge in [0.15, 0.2) is 17.0 Å². The molecule has 2 aromatic heterocycles. The highest BCUT2D eigenvalue weighted by molar-refractivity contribution is 5.82. The summed E-state index contributed by atoms with van der Waals surface area (Å²) in [6.45, 7) is 3.34. The molecule has 1 N–H and O–H groups in total. The van der Waals surface area contributed by atoms with Gasteiger partial charge in [0.25, 0.3) is 5.56 Å². The van der Waals surface area contributed by atoms with Crippen LogP contribution < -0.4 is 15.0 Å². The van der Waals surface area contributed by atoms with Crippen molar-refractivity contribution in [3.63, 3.8) is 0 Å². The Bertz CT molecular complexity index is 1390. The van der Waals surface area contributed by atoms with E-state index in [9.17, 15) is 9.59 Å². The number of methoxy groups -OCH3 is 2. The van der Waals surface area contributed by atoms with Gasteiger partial charge in [-0.15, -0.1) is 0 Å². The van der Waals surface area contributed by atoms with Crippen molar-refractivity contribution in [1.29, 1.82) is 0 Å². The van der Waals surface area contributed by atoms with Gasteiger partial charge in [0.2, 0.25) is 0 Å². The molecule has 35 heavy (non-hydrogen) atoms. The fraction of sp³-hybridized carbons (Fsp3) is 0.333. The molecule has 0 spiro atoms. The predicted molar refractivity (Wildman–Crippen MR) is 133 cm³/mol. The summed E-state index contributed by atoms with van der Waals surface area (Å²) < 4.78 is 12.2. The number of aromatic nitrogens is 4. The first-order valence-electron chi connectivity index (χ1n) is 11.6. The summed E-state index contributed by atoms with van der Waals surface area (Å²) in [5.41, 5.74) is 2.77. The maximum atomic E-state index is 13.0. The highest BCUT2D eigenvalue weighted by Crippen LogP contribution is 2.28. The van der Waals surface area contributed by atoms with E-state index in [4.69, 9.17) is 14.6 Å². The van der Waals surface area contributed by atoms with Gasteiger partial charge in [0, 0.05) is 6.42 Å². The molecule has 2 aromatic carbocycles. The number of fused-ring (bicyclic) bond motifs is 1. The molecule has 4 aromatic rings. The van der Waals surface area contributed by atoms with E-state index in [0.29, 0.717) is 47.2 Å². The SMILES string of the molecule is COc1ccc(Cc2nn3c(C(CCCc4ccccc4)C(C)=O)nc(C)c3c(=O)[nH]2)cc1OC. The molecule has 0 fully saturated rings. The zero-order chi connectivity index (χ0) is 24.9. The Morgan fingerprint density at radius 2 is 1.80 bits per heavy atom. The van der Waals surface area contributed by atoms with Gasteiger partial charge in [-0.1, -0.05) is 36.4 Å². The Balaban J connectivity index is 1.65. The molecule has 0 bridgehead atoms. The number of H-pyrrole nitrogens is 1. The number of carbonyl (C=O) groups is 1.